The fraction of sp³-hybridized carbons (Fsp3) is 0.214. The van der Waals surface area contributed by atoms with E-state index in [0.717, 1.165) is 20.4 Å². The van der Waals surface area contributed by atoms with E-state index in [0.29, 0.717) is 5.88 Å². The number of rotatable bonds is 1. The Balaban J connectivity index is 2.22. The Labute approximate surface area is 129 Å². The van der Waals surface area contributed by atoms with E-state index in [1.54, 1.807) is 0 Å². The summed E-state index contributed by atoms with van der Waals surface area (Å²) in [5.41, 5.74) is 2.74. The number of H-pyrrole nitrogens is 1. The van der Waals surface area contributed by atoms with Crippen molar-refractivity contribution in [3.63, 3.8) is 0 Å². The van der Waals surface area contributed by atoms with E-state index in [9.17, 15) is 5.26 Å². The molecule has 6 heteroatoms. The van der Waals surface area contributed by atoms with E-state index in [2.05, 4.69) is 38.9 Å². The van der Waals surface area contributed by atoms with Crippen molar-refractivity contribution in [2.45, 2.75) is 12.8 Å². The smallest absolute Gasteiger partial charge is 0.243 e. The van der Waals surface area contributed by atoms with Crippen LogP contribution in [0.5, 0.6) is 5.88 Å². The van der Waals surface area contributed by atoms with Crippen molar-refractivity contribution in [3.05, 3.63) is 44.7 Å². The number of nitrogens with zero attached hydrogens (tertiary/aromatic N) is 2. The van der Waals surface area contributed by atoms with Crippen molar-refractivity contribution in [2.24, 2.45) is 5.92 Å². The normalized spacial score (nSPS) is 20.9. The average Bonchev–Trinajstić information content (AvgIpc) is 2.78. The van der Waals surface area contributed by atoms with Crippen LogP contribution in [0.3, 0.4) is 0 Å². The van der Waals surface area contributed by atoms with E-state index in [4.69, 9.17) is 10.1 Å². The van der Waals surface area contributed by atoms with E-state index >= 15 is 0 Å². The second-order valence-electron chi connectivity index (χ2n) is 4.67. The fourth-order valence-electron chi connectivity index (χ4n) is 2.54. The number of hydrogen-bond acceptors (Lipinski definition) is 4. The molecule has 1 aromatic carbocycles. The number of hydrogen-bond donors (Lipinski definition) is 2. The Bertz CT molecular complexity index is 731. The molecule has 1 aliphatic heterocycles. The summed E-state index contributed by atoms with van der Waals surface area (Å²) in [5, 5.41) is 24.3. The summed E-state index contributed by atoms with van der Waals surface area (Å²) in [6, 6.07) is 10.2. The zero-order chi connectivity index (χ0) is 14.3. The first-order valence-electron chi connectivity index (χ1n) is 6.08. The van der Waals surface area contributed by atoms with Gasteiger partial charge >= 0.3 is 0 Å². The average molecular weight is 378 g/mol. The van der Waals surface area contributed by atoms with Gasteiger partial charge in [-0.15, -0.1) is 5.10 Å². The molecule has 2 N–H and O–H groups in total. The van der Waals surface area contributed by atoms with Crippen LogP contribution in [-0.4, -0.2) is 16.1 Å². The minimum atomic E-state index is -0.628. The Hall–Kier alpha value is -1.88. The second-order valence-corrected chi connectivity index (χ2v) is 5.92. The molecule has 1 aromatic heterocycles. The highest BCUT2D eigenvalue weighted by atomic mass is 127. The first-order valence-corrected chi connectivity index (χ1v) is 7.16. The molecule has 2 aromatic rings. The van der Waals surface area contributed by atoms with E-state index in [1.807, 2.05) is 31.2 Å². The van der Waals surface area contributed by atoms with Crippen LogP contribution in [-0.2, 0) is 0 Å². The topological polar surface area (TPSA) is 85.5 Å². The van der Waals surface area contributed by atoms with Crippen molar-refractivity contribution in [3.8, 4) is 11.9 Å². The Morgan fingerprint density at radius 2 is 2.30 bits per heavy atom. The van der Waals surface area contributed by atoms with Gasteiger partial charge in [-0.25, -0.2) is 0 Å². The number of aromatic nitrogens is 2. The number of fused-ring (bicyclic) bond motifs is 1. The van der Waals surface area contributed by atoms with Gasteiger partial charge in [-0.1, -0.05) is 12.1 Å². The molecule has 0 saturated carbocycles. The maximum Gasteiger partial charge on any atom is 0.243 e. The molecule has 5 nitrogen and oxygen atoms in total. The number of nitrogens with one attached hydrogen (secondary N) is 2. The predicted octanol–water partition coefficient (Wildman–Crippen LogP) is 2.96. The minimum absolute atomic E-state index is 0.0460. The van der Waals surface area contributed by atoms with Crippen molar-refractivity contribution >= 4 is 28.5 Å². The molecule has 3 rings (SSSR count). The van der Waals surface area contributed by atoms with Crippen LogP contribution in [0.25, 0.3) is 0 Å². The van der Waals surface area contributed by atoms with Gasteiger partial charge < -0.3 is 4.74 Å². The quantitative estimate of drug-likeness (QED) is 0.749. The molecule has 0 spiro atoms. The van der Waals surface area contributed by atoms with Crippen LogP contribution in [0.15, 0.2) is 24.3 Å². The first kappa shape index (κ1) is 13.1. The minimum Gasteiger partial charge on any atom is -0.422 e. The zero-order valence-electron chi connectivity index (χ0n) is 10.6. The molecule has 0 amide bonds. The molecule has 2 unspecified atom stereocenters. The summed E-state index contributed by atoms with van der Waals surface area (Å²) >= 11 is 2.24. The highest BCUT2D eigenvalue weighted by Gasteiger charge is 2.39. The molecule has 0 fully saturated rings. The van der Waals surface area contributed by atoms with Gasteiger partial charge in [0.05, 0.1) is 6.07 Å². The third-order valence-electron chi connectivity index (χ3n) is 3.44. The molecular weight excluding hydrogens is 367 g/mol. The summed E-state index contributed by atoms with van der Waals surface area (Å²) in [6.45, 7) is 1.90. The molecular formula is C14H11IN4O. The van der Waals surface area contributed by atoms with Crippen LogP contribution < -0.4 is 4.74 Å². The Morgan fingerprint density at radius 1 is 1.50 bits per heavy atom. The van der Waals surface area contributed by atoms with Crippen LogP contribution in [0.1, 0.15) is 22.7 Å². The molecule has 20 heavy (non-hydrogen) atoms. The lowest BCUT2D eigenvalue weighted by atomic mass is 9.80. The number of ether oxygens (including phenoxy) is 1. The molecule has 1 aliphatic rings. The molecule has 0 aliphatic carbocycles. The molecule has 0 bridgehead atoms. The van der Waals surface area contributed by atoms with Crippen molar-refractivity contribution < 1.29 is 4.74 Å². The van der Waals surface area contributed by atoms with Gasteiger partial charge in [0.15, 0.2) is 0 Å². The van der Waals surface area contributed by atoms with Gasteiger partial charge in [0, 0.05) is 20.7 Å². The van der Waals surface area contributed by atoms with Gasteiger partial charge in [0.25, 0.3) is 0 Å². The summed E-state index contributed by atoms with van der Waals surface area (Å²) in [5.74, 6) is -0.486. The summed E-state index contributed by atoms with van der Waals surface area (Å²) in [7, 11) is 0. The lowest BCUT2D eigenvalue weighted by Crippen LogP contribution is -2.31. The monoisotopic (exact) mass is 378 g/mol. The lowest BCUT2D eigenvalue weighted by molar-refractivity contribution is 0.436. The third-order valence-corrected chi connectivity index (χ3v) is 4.11. The fourth-order valence-corrected chi connectivity index (χ4v) is 3.10. The van der Waals surface area contributed by atoms with Crippen molar-refractivity contribution in [2.75, 3.05) is 0 Å². The number of aromatic amines is 1. The predicted molar refractivity (Wildman–Crippen MR) is 81.8 cm³/mol. The molecule has 2 atom stereocenters. The summed E-state index contributed by atoms with van der Waals surface area (Å²) in [4.78, 5) is 0. The third kappa shape index (κ3) is 1.98. The van der Waals surface area contributed by atoms with Gasteiger partial charge in [-0.2, -0.15) is 5.26 Å². The van der Waals surface area contributed by atoms with Crippen LogP contribution >= 0.6 is 22.6 Å². The Kier molecular flexibility index (Phi) is 3.22. The van der Waals surface area contributed by atoms with Gasteiger partial charge in [0.2, 0.25) is 11.8 Å². The lowest BCUT2D eigenvalue weighted by Gasteiger charge is -2.27. The number of halogens is 1. The SMILES string of the molecule is Cc1[nH]nc2c1C(c1cccc(I)c1)C(C#N)C(=N)O2. The van der Waals surface area contributed by atoms with Gasteiger partial charge in [-0.3, -0.25) is 10.5 Å². The zero-order valence-corrected chi connectivity index (χ0v) is 12.8. The molecule has 100 valence electrons. The maximum absolute atomic E-state index is 9.41. The number of aryl methyl sites for hydroxylation is 1. The van der Waals surface area contributed by atoms with Crippen molar-refractivity contribution in [1.82, 2.24) is 10.2 Å². The second kappa shape index (κ2) is 4.90. The van der Waals surface area contributed by atoms with Crippen LogP contribution in [0.4, 0.5) is 0 Å². The van der Waals surface area contributed by atoms with Crippen LogP contribution in [0.2, 0.25) is 0 Å². The maximum atomic E-state index is 9.41. The first-order chi connectivity index (χ1) is 9.61. The highest BCUT2D eigenvalue weighted by molar-refractivity contribution is 14.1. The number of benzene rings is 1. The Morgan fingerprint density at radius 3 is 3.00 bits per heavy atom. The van der Waals surface area contributed by atoms with Gasteiger partial charge in [-0.05, 0) is 47.2 Å². The molecule has 0 saturated heterocycles. The molecule has 2 heterocycles. The number of nitriles is 1. The standard InChI is InChI=1S/C14H11IN4O/c1-7-11-12(8-3-2-4-9(15)5-8)10(6-16)13(17)20-14(11)19-18-7/h2-5,10,12,17H,1H3,(H,18,19). The molecule has 0 radical (unpaired) electrons. The largest absolute Gasteiger partial charge is 0.422 e. The van der Waals surface area contributed by atoms with Crippen molar-refractivity contribution in [1.29, 1.82) is 10.7 Å². The van der Waals surface area contributed by atoms with Gasteiger partial charge in [0.1, 0.15) is 5.92 Å². The summed E-state index contributed by atoms with van der Waals surface area (Å²) in [6.07, 6.45) is 0. The van der Waals surface area contributed by atoms with Crippen LogP contribution in [0, 0.1) is 33.2 Å². The van der Waals surface area contributed by atoms with E-state index < -0.39 is 5.92 Å². The van der Waals surface area contributed by atoms with E-state index in [1.165, 1.54) is 0 Å². The summed E-state index contributed by atoms with van der Waals surface area (Å²) < 4.78 is 6.45. The van der Waals surface area contributed by atoms with E-state index in [-0.39, 0.29) is 11.8 Å². The highest BCUT2D eigenvalue weighted by Crippen LogP contribution is 2.42.